The minimum Gasteiger partial charge on any atom is -0.493 e. The van der Waals surface area contributed by atoms with Gasteiger partial charge >= 0.3 is 0 Å². The van der Waals surface area contributed by atoms with Crippen LogP contribution in [0, 0.1) is 5.92 Å². The minimum absolute atomic E-state index is 0.228. The number of hydrogen-bond donors (Lipinski definition) is 3. The van der Waals surface area contributed by atoms with Crippen molar-refractivity contribution < 1.29 is 14.6 Å². The van der Waals surface area contributed by atoms with Gasteiger partial charge in [0.1, 0.15) is 0 Å². The predicted octanol–water partition coefficient (Wildman–Crippen LogP) is 2.95. The molecule has 0 heterocycles. The summed E-state index contributed by atoms with van der Waals surface area (Å²) in [6.45, 7) is 9.17. The Hall–Kier alpha value is -1.95. The maximum absolute atomic E-state index is 9.20. The predicted molar refractivity (Wildman–Crippen MR) is 107 cm³/mol. The van der Waals surface area contributed by atoms with Gasteiger partial charge in [-0.15, -0.1) is 0 Å². The van der Waals surface area contributed by atoms with Crippen molar-refractivity contribution in [2.24, 2.45) is 10.9 Å². The third-order valence-corrected chi connectivity index (χ3v) is 4.08. The van der Waals surface area contributed by atoms with Crippen molar-refractivity contribution in [3.05, 3.63) is 23.8 Å². The van der Waals surface area contributed by atoms with Crippen molar-refractivity contribution in [2.75, 3.05) is 33.4 Å². The van der Waals surface area contributed by atoms with Crippen LogP contribution in [0.15, 0.2) is 23.2 Å². The van der Waals surface area contributed by atoms with Crippen molar-refractivity contribution >= 4 is 5.96 Å². The summed E-state index contributed by atoms with van der Waals surface area (Å²) in [6, 6.07) is 5.88. The zero-order chi connectivity index (χ0) is 19.2. The van der Waals surface area contributed by atoms with E-state index < -0.39 is 0 Å². The van der Waals surface area contributed by atoms with Crippen LogP contribution in [-0.2, 0) is 6.54 Å². The smallest absolute Gasteiger partial charge is 0.191 e. The Balaban J connectivity index is 2.74. The normalized spacial score (nSPS) is 12.6. The summed E-state index contributed by atoms with van der Waals surface area (Å²) >= 11 is 0. The number of aliphatic hydroxyl groups is 1. The SMILES string of the molecule is CCCC(CCO)CNC(=NCc1ccc(OC)c(OCC)c1)NCC. The van der Waals surface area contributed by atoms with E-state index >= 15 is 0 Å². The molecule has 0 saturated carbocycles. The highest BCUT2D eigenvalue weighted by Gasteiger charge is 2.09. The molecule has 0 saturated heterocycles. The second-order valence-electron chi connectivity index (χ2n) is 6.16. The van der Waals surface area contributed by atoms with Gasteiger partial charge in [-0.1, -0.05) is 19.4 Å². The van der Waals surface area contributed by atoms with Crippen molar-refractivity contribution in [3.8, 4) is 11.5 Å². The minimum atomic E-state index is 0.228. The molecule has 1 rings (SSSR count). The summed E-state index contributed by atoms with van der Waals surface area (Å²) in [5.74, 6) is 2.72. The molecule has 0 aliphatic carbocycles. The summed E-state index contributed by atoms with van der Waals surface area (Å²) < 4.78 is 10.9. The number of hydrogen-bond acceptors (Lipinski definition) is 4. The van der Waals surface area contributed by atoms with Gasteiger partial charge in [0.25, 0.3) is 0 Å². The zero-order valence-electron chi connectivity index (χ0n) is 16.7. The molecule has 0 fully saturated rings. The van der Waals surface area contributed by atoms with Gasteiger partial charge in [0.15, 0.2) is 17.5 Å². The topological polar surface area (TPSA) is 75.1 Å². The molecule has 0 amide bonds. The van der Waals surface area contributed by atoms with E-state index in [0.717, 1.165) is 55.4 Å². The average Bonchev–Trinajstić information content (AvgIpc) is 2.64. The Morgan fingerprint density at radius 1 is 1.15 bits per heavy atom. The monoisotopic (exact) mass is 365 g/mol. The highest BCUT2D eigenvalue weighted by molar-refractivity contribution is 5.79. The lowest BCUT2D eigenvalue weighted by Gasteiger charge is -2.18. The molecule has 1 atom stereocenters. The molecule has 1 aromatic rings. The van der Waals surface area contributed by atoms with E-state index in [-0.39, 0.29) is 6.61 Å². The maximum atomic E-state index is 9.20. The first kappa shape index (κ1) is 22.1. The number of benzene rings is 1. The average molecular weight is 366 g/mol. The largest absolute Gasteiger partial charge is 0.493 e. The van der Waals surface area contributed by atoms with E-state index in [4.69, 9.17) is 9.47 Å². The van der Waals surface area contributed by atoms with Crippen LogP contribution >= 0.6 is 0 Å². The number of nitrogens with one attached hydrogen (secondary N) is 2. The molecule has 0 aliphatic rings. The Labute approximate surface area is 158 Å². The Morgan fingerprint density at radius 2 is 1.96 bits per heavy atom. The van der Waals surface area contributed by atoms with Crippen LogP contribution in [0.2, 0.25) is 0 Å². The van der Waals surface area contributed by atoms with Crippen molar-refractivity contribution in [2.45, 2.75) is 46.6 Å². The summed E-state index contributed by atoms with van der Waals surface area (Å²) in [7, 11) is 1.64. The highest BCUT2D eigenvalue weighted by atomic mass is 16.5. The molecule has 1 unspecified atom stereocenters. The number of aliphatic hydroxyl groups excluding tert-OH is 1. The fourth-order valence-corrected chi connectivity index (χ4v) is 2.78. The van der Waals surface area contributed by atoms with E-state index in [1.807, 2.05) is 25.1 Å². The molecule has 6 nitrogen and oxygen atoms in total. The van der Waals surface area contributed by atoms with Gasteiger partial charge in [-0.05, 0) is 50.3 Å². The molecular weight excluding hydrogens is 330 g/mol. The maximum Gasteiger partial charge on any atom is 0.191 e. The van der Waals surface area contributed by atoms with Crippen LogP contribution in [-0.4, -0.2) is 44.5 Å². The van der Waals surface area contributed by atoms with E-state index in [0.29, 0.717) is 19.1 Å². The molecule has 3 N–H and O–H groups in total. The summed E-state index contributed by atoms with van der Waals surface area (Å²) in [6.07, 6.45) is 3.03. The fraction of sp³-hybridized carbons (Fsp3) is 0.650. The quantitative estimate of drug-likeness (QED) is 0.392. The first-order valence-corrected chi connectivity index (χ1v) is 9.61. The third kappa shape index (κ3) is 7.95. The van der Waals surface area contributed by atoms with Crippen LogP contribution in [0.25, 0.3) is 0 Å². The third-order valence-electron chi connectivity index (χ3n) is 4.08. The number of guanidine groups is 1. The number of aliphatic imine (C=N–C) groups is 1. The van der Waals surface area contributed by atoms with Gasteiger partial charge in [-0.2, -0.15) is 0 Å². The van der Waals surface area contributed by atoms with Crippen LogP contribution < -0.4 is 20.1 Å². The highest BCUT2D eigenvalue weighted by Crippen LogP contribution is 2.28. The van der Waals surface area contributed by atoms with Crippen LogP contribution in [0.4, 0.5) is 0 Å². The molecule has 1 aromatic carbocycles. The molecule has 148 valence electrons. The fourth-order valence-electron chi connectivity index (χ4n) is 2.78. The molecular formula is C20H35N3O3. The van der Waals surface area contributed by atoms with Crippen molar-refractivity contribution in [1.82, 2.24) is 10.6 Å². The standard InChI is InChI=1S/C20H35N3O3/c1-5-8-16(11-12-24)14-22-20(21-6-2)23-15-17-9-10-18(25-4)19(13-17)26-7-3/h9-10,13,16,24H,5-8,11-12,14-15H2,1-4H3,(H2,21,22,23). The van der Waals surface area contributed by atoms with Gasteiger partial charge in [-0.3, -0.25) is 0 Å². The van der Waals surface area contributed by atoms with Gasteiger partial charge in [0, 0.05) is 19.7 Å². The van der Waals surface area contributed by atoms with Crippen molar-refractivity contribution in [3.63, 3.8) is 0 Å². The lowest BCUT2D eigenvalue weighted by molar-refractivity contribution is 0.251. The Bertz CT molecular complexity index is 529. The van der Waals surface area contributed by atoms with Gasteiger partial charge in [0.2, 0.25) is 0 Å². The first-order chi connectivity index (χ1) is 12.7. The molecule has 0 radical (unpaired) electrons. The van der Waals surface area contributed by atoms with E-state index in [2.05, 4.69) is 29.5 Å². The molecule has 6 heteroatoms. The second kappa shape index (κ2) is 13.3. The number of nitrogens with zero attached hydrogens (tertiary/aromatic N) is 1. The number of rotatable bonds is 12. The Morgan fingerprint density at radius 3 is 2.58 bits per heavy atom. The lowest BCUT2D eigenvalue weighted by Crippen LogP contribution is -2.40. The van der Waals surface area contributed by atoms with Crippen LogP contribution in [0.3, 0.4) is 0 Å². The summed E-state index contributed by atoms with van der Waals surface area (Å²) in [4.78, 5) is 4.67. The van der Waals surface area contributed by atoms with Gasteiger partial charge in [-0.25, -0.2) is 4.99 Å². The lowest BCUT2D eigenvalue weighted by atomic mass is 10.0. The number of methoxy groups -OCH3 is 1. The van der Waals surface area contributed by atoms with E-state index in [1.54, 1.807) is 7.11 Å². The summed E-state index contributed by atoms with van der Waals surface area (Å²) in [5, 5.41) is 15.9. The van der Waals surface area contributed by atoms with E-state index in [1.165, 1.54) is 0 Å². The zero-order valence-corrected chi connectivity index (χ0v) is 16.7. The summed E-state index contributed by atoms with van der Waals surface area (Å²) in [5.41, 5.74) is 1.06. The van der Waals surface area contributed by atoms with Gasteiger partial charge in [0.05, 0.1) is 20.3 Å². The van der Waals surface area contributed by atoms with Crippen LogP contribution in [0.1, 0.15) is 45.6 Å². The second-order valence-corrected chi connectivity index (χ2v) is 6.16. The number of ether oxygens (including phenoxy) is 2. The van der Waals surface area contributed by atoms with Crippen molar-refractivity contribution in [1.29, 1.82) is 0 Å². The van der Waals surface area contributed by atoms with E-state index in [9.17, 15) is 5.11 Å². The van der Waals surface area contributed by atoms with Gasteiger partial charge < -0.3 is 25.2 Å². The molecule has 0 spiro atoms. The molecule has 0 bridgehead atoms. The molecule has 26 heavy (non-hydrogen) atoms. The first-order valence-electron chi connectivity index (χ1n) is 9.61. The van der Waals surface area contributed by atoms with Crippen LogP contribution in [0.5, 0.6) is 11.5 Å². The Kier molecular flexibility index (Phi) is 11.3. The molecule has 0 aliphatic heterocycles. The molecule has 0 aromatic heterocycles.